The van der Waals surface area contributed by atoms with Gasteiger partial charge >= 0.3 is 5.97 Å². The molecule has 0 atom stereocenters. The average molecular weight is 331 g/mol. The van der Waals surface area contributed by atoms with Gasteiger partial charge in [0, 0.05) is 11.6 Å². The highest BCUT2D eigenvalue weighted by Crippen LogP contribution is 2.26. The summed E-state index contributed by atoms with van der Waals surface area (Å²) in [6.45, 7) is 1.91. The number of hydrogen-bond acceptors (Lipinski definition) is 7. The molecule has 0 bridgehead atoms. The average Bonchev–Trinajstić information content (AvgIpc) is 3.00. The molecule has 0 spiro atoms. The summed E-state index contributed by atoms with van der Waals surface area (Å²) in [5.74, 6) is 0.112. The maximum Gasteiger partial charge on any atom is 0.357 e. The number of rotatable bonds is 4. The van der Waals surface area contributed by atoms with E-state index in [2.05, 4.69) is 10.1 Å². The zero-order chi connectivity index (χ0) is 16.4. The summed E-state index contributed by atoms with van der Waals surface area (Å²) in [6, 6.07) is 8.42. The van der Waals surface area contributed by atoms with Crippen LogP contribution in [-0.4, -0.2) is 34.3 Å². The Bertz CT molecular complexity index is 915. The number of aromatic nitrogens is 3. The van der Waals surface area contributed by atoms with Crippen molar-refractivity contribution in [1.82, 2.24) is 14.6 Å². The Morgan fingerprint density at radius 2 is 2.04 bits per heavy atom. The topological polar surface area (TPSA) is 82.8 Å². The van der Waals surface area contributed by atoms with Crippen LogP contribution in [0.25, 0.3) is 15.5 Å². The van der Waals surface area contributed by atoms with Crippen molar-refractivity contribution in [2.24, 2.45) is 0 Å². The van der Waals surface area contributed by atoms with E-state index in [1.807, 2.05) is 24.3 Å². The fourth-order valence-corrected chi connectivity index (χ4v) is 2.88. The molecule has 0 radical (unpaired) electrons. The molecule has 7 nitrogen and oxygen atoms in total. The van der Waals surface area contributed by atoms with Gasteiger partial charge in [0.2, 0.25) is 4.96 Å². The first-order valence-electron chi connectivity index (χ1n) is 6.85. The Morgan fingerprint density at radius 3 is 2.70 bits per heavy atom. The minimum Gasteiger partial charge on any atom is -0.497 e. The molecule has 0 amide bonds. The van der Waals surface area contributed by atoms with Crippen LogP contribution < -0.4 is 10.3 Å². The molecule has 0 fully saturated rings. The number of benzene rings is 1. The number of carbonyl (C=O) groups excluding carboxylic acids is 1. The highest BCUT2D eigenvalue weighted by atomic mass is 32.1. The van der Waals surface area contributed by atoms with Crippen LogP contribution in [-0.2, 0) is 4.74 Å². The van der Waals surface area contributed by atoms with Crippen LogP contribution in [0, 0.1) is 0 Å². The molecule has 0 unspecified atom stereocenters. The van der Waals surface area contributed by atoms with E-state index >= 15 is 0 Å². The summed E-state index contributed by atoms with van der Waals surface area (Å²) in [5.41, 5.74) is 0.397. The van der Waals surface area contributed by atoms with Crippen LogP contribution in [0.15, 0.2) is 35.1 Å². The molecular weight excluding hydrogens is 318 g/mol. The van der Waals surface area contributed by atoms with Gasteiger partial charge in [0.25, 0.3) is 5.56 Å². The number of ether oxygens (including phenoxy) is 2. The van der Waals surface area contributed by atoms with Crippen molar-refractivity contribution >= 4 is 22.3 Å². The SMILES string of the molecule is CCOC(=O)c1cc(=O)n2nc(-c3ccc(OC)cc3)sc2n1. The molecule has 0 aliphatic heterocycles. The highest BCUT2D eigenvalue weighted by Gasteiger charge is 2.15. The minimum absolute atomic E-state index is 0.0122. The van der Waals surface area contributed by atoms with E-state index in [1.54, 1.807) is 14.0 Å². The summed E-state index contributed by atoms with van der Waals surface area (Å²) < 4.78 is 11.2. The molecule has 0 N–H and O–H groups in total. The molecule has 0 saturated heterocycles. The second-order valence-corrected chi connectivity index (χ2v) is 5.49. The van der Waals surface area contributed by atoms with Crippen LogP contribution in [0.5, 0.6) is 5.75 Å². The van der Waals surface area contributed by atoms with E-state index in [-0.39, 0.29) is 12.3 Å². The Morgan fingerprint density at radius 1 is 1.30 bits per heavy atom. The molecule has 1 aromatic carbocycles. The van der Waals surface area contributed by atoms with Gasteiger partial charge in [-0.15, -0.1) is 0 Å². The van der Waals surface area contributed by atoms with Crippen molar-refractivity contribution in [1.29, 1.82) is 0 Å². The largest absolute Gasteiger partial charge is 0.497 e. The fraction of sp³-hybridized carbons (Fsp3) is 0.200. The lowest BCUT2D eigenvalue weighted by Gasteiger charge is -1.99. The van der Waals surface area contributed by atoms with E-state index in [4.69, 9.17) is 9.47 Å². The number of methoxy groups -OCH3 is 1. The third kappa shape index (κ3) is 2.93. The molecule has 0 aliphatic rings. The van der Waals surface area contributed by atoms with Crippen LogP contribution >= 0.6 is 11.3 Å². The minimum atomic E-state index is -0.619. The van der Waals surface area contributed by atoms with Gasteiger partial charge in [-0.05, 0) is 31.2 Å². The Hall–Kier alpha value is -2.74. The predicted octanol–water partition coefficient (Wildman–Crippen LogP) is 2.00. The fourth-order valence-electron chi connectivity index (χ4n) is 1.97. The van der Waals surface area contributed by atoms with E-state index in [9.17, 15) is 9.59 Å². The van der Waals surface area contributed by atoms with E-state index in [1.165, 1.54) is 15.9 Å². The number of hydrogen-bond donors (Lipinski definition) is 0. The predicted molar refractivity (Wildman–Crippen MR) is 85.1 cm³/mol. The van der Waals surface area contributed by atoms with Gasteiger partial charge in [-0.2, -0.15) is 9.61 Å². The van der Waals surface area contributed by atoms with Crippen LogP contribution in [0.1, 0.15) is 17.4 Å². The molecule has 3 rings (SSSR count). The summed E-state index contributed by atoms with van der Waals surface area (Å²) in [5, 5.41) is 4.88. The second-order valence-electron chi connectivity index (χ2n) is 4.53. The van der Waals surface area contributed by atoms with Gasteiger partial charge in [-0.1, -0.05) is 11.3 Å². The smallest absolute Gasteiger partial charge is 0.357 e. The maximum absolute atomic E-state index is 12.1. The first-order valence-corrected chi connectivity index (χ1v) is 7.66. The van der Waals surface area contributed by atoms with E-state index < -0.39 is 11.5 Å². The molecule has 3 aromatic rings. The summed E-state index contributed by atoms with van der Waals surface area (Å²) in [4.78, 5) is 28.3. The first kappa shape index (κ1) is 15.2. The van der Waals surface area contributed by atoms with Crippen molar-refractivity contribution in [2.45, 2.75) is 6.92 Å². The van der Waals surface area contributed by atoms with Gasteiger partial charge in [0.1, 0.15) is 10.8 Å². The zero-order valence-corrected chi connectivity index (χ0v) is 13.3. The number of esters is 1. The van der Waals surface area contributed by atoms with Gasteiger partial charge in [-0.25, -0.2) is 9.78 Å². The summed E-state index contributed by atoms with van der Waals surface area (Å²) in [7, 11) is 1.59. The maximum atomic E-state index is 12.1. The number of carbonyl (C=O) groups is 1. The van der Waals surface area contributed by atoms with Crippen molar-refractivity contribution in [3.8, 4) is 16.3 Å². The van der Waals surface area contributed by atoms with Crippen molar-refractivity contribution in [3.05, 3.63) is 46.4 Å². The van der Waals surface area contributed by atoms with E-state index in [0.29, 0.717) is 9.97 Å². The van der Waals surface area contributed by atoms with Gasteiger partial charge in [0.15, 0.2) is 5.69 Å². The van der Waals surface area contributed by atoms with Crippen LogP contribution in [0.2, 0.25) is 0 Å². The van der Waals surface area contributed by atoms with Crippen LogP contribution in [0.3, 0.4) is 0 Å². The molecule has 8 heteroatoms. The zero-order valence-electron chi connectivity index (χ0n) is 12.5. The first-order chi connectivity index (χ1) is 11.1. The normalized spacial score (nSPS) is 10.7. The monoisotopic (exact) mass is 331 g/mol. The molecule has 2 heterocycles. The standard InChI is InChI=1S/C15H13N3O4S/c1-3-22-14(20)11-8-12(19)18-15(16-11)23-13(17-18)9-4-6-10(21-2)7-5-9/h4-8H,3H2,1-2H3. The van der Waals surface area contributed by atoms with Crippen molar-refractivity contribution in [2.75, 3.05) is 13.7 Å². The second kappa shape index (κ2) is 6.17. The van der Waals surface area contributed by atoms with Gasteiger partial charge in [0.05, 0.1) is 13.7 Å². The van der Waals surface area contributed by atoms with E-state index in [0.717, 1.165) is 17.4 Å². The molecule has 0 aliphatic carbocycles. The number of fused-ring (bicyclic) bond motifs is 1. The molecule has 2 aromatic heterocycles. The molecule has 0 saturated carbocycles. The molecule has 23 heavy (non-hydrogen) atoms. The summed E-state index contributed by atoms with van der Waals surface area (Å²) >= 11 is 1.22. The van der Waals surface area contributed by atoms with Crippen molar-refractivity contribution in [3.63, 3.8) is 0 Å². The Balaban J connectivity index is 2.05. The highest BCUT2D eigenvalue weighted by molar-refractivity contribution is 7.19. The van der Waals surface area contributed by atoms with Crippen LogP contribution in [0.4, 0.5) is 0 Å². The third-order valence-corrected chi connectivity index (χ3v) is 4.02. The lowest BCUT2D eigenvalue weighted by molar-refractivity contribution is 0.0519. The third-order valence-electron chi connectivity index (χ3n) is 3.07. The van der Waals surface area contributed by atoms with Crippen molar-refractivity contribution < 1.29 is 14.3 Å². The van der Waals surface area contributed by atoms with Gasteiger partial charge < -0.3 is 9.47 Å². The summed E-state index contributed by atoms with van der Waals surface area (Å²) in [6.07, 6.45) is 0. The lowest BCUT2D eigenvalue weighted by Crippen LogP contribution is -2.18. The molecule has 118 valence electrons. The molecular formula is C15H13N3O4S. The lowest BCUT2D eigenvalue weighted by atomic mass is 10.2. The quantitative estimate of drug-likeness (QED) is 0.680. The Labute approximate surface area is 135 Å². The number of nitrogens with zero attached hydrogens (tertiary/aromatic N) is 3. The Kier molecular flexibility index (Phi) is 4.07. The van der Waals surface area contributed by atoms with Gasteiger partial charge in [-0.3, -0.25) is 4.79 Å².